The van der Waals surface area contributed by atoms with E-state index in [2.05, 4.69) is 12.1 Å². The highest BCUT2D eigenvalue weighted by atomic mass is 16.1. The molecule has 0 N–H and O–H groups in total. The highest BCUT2D eigenvalue weighted by molar-refractivity contribution is 5.85. The molecule has 0 spiro atoms. The molecular formula is C18H20O. The van der Waals surface area contributed by atoms with Crippen LogP contribution in [0.1, 0.15) is 36.8 Å². The number of benzene rings is 2. The number of hydrogen-bond acceptors (Lipinski definition) is 1. The Morgan fingerprint density at radius 2 is 1.53 bits per heavy atom. The van der Waals surface area contributed by atoms with E-state index in [-0.39, 0.29) is 5.92 Å². The van der Waals surface area contributed by atoms with Gasteiger partial charge in [-0.1, -0.05) is 67.6 Å². The maximum Gasteiger partial charge on any atom is 0.140 e. The van der Waals surface area contributed by atoms with E-state index in [4.69, 9.17) is 0 Å². The second-order valence-electron chi connectivity index (χ2n) is 4.94. The first-order valence-corrected chi connectivity index (χ1v) is 6.89. The zero-order valence-electron chi connectivity index (χ0n) is 11.4. The molecule has 1 unspecified atom stereocenters. The molecule has 0 saturated carbocycles. The van der Waals surface area contributed by atoms with Gasteiger partial charge in [0.05, 0.1) is 0 Å². The van der Waals surface area contributed by atoms with Crippen LogP contribution in [-0.4, -0.2) is 5.78 Å². The lowest BCUT2D eigenvalue weighted by molar-refractivity contribution is -0.120. The van der Waals surface area contributed by atoms with Crippen molar-refractivity contribution in [1.82, 2.24) is 0 Å². The molecule has 0 aromatic heterocycles. The first kappa shape index (κ1) is 13.5. The molecule has 19 heavy (non-hydrogen) atoms. The molecule has 98 valence electrons. The van der Waals surface area contributed by atoms with Gasteiger partial charge in [-0.3, -0.25) is 4.79 Å². The van der Waals surface area contributed by atoms with Crippen LogP contribution in [0, 0.1) is 0 Å². The highest BCUT2D eigenvalue weighted by Crippen LogP contribution is 2.18. The molecule has 0 heterocycles. The topological polar surface area (TPSA) is 17.1 Å². The maximum absolute atomic E-state index is 12.1. The Hall–Kier alpha value is -1.89. The summed E-state index contributed by atoms with van der Waals surface area (Å²) in [5, 5.41) is 0. The summed E-state index contributed by atoms with van der Waals surface area (Å²) in [5.74, 6) is 0.346. The summed E-state index contributed by atoms with van der Waals surface area (Å²) >= 11 is 0. The first-order chi connectivity index (χ1) is 9.27. The van der Waals surface area contributed by atoms with Gasteiger partial charge in [-0.2, -0.15) is 0 Å². The predicted molar refractivity (Wildman–Crippen MR) is 79.2 cm³/mol. The summed E-state index contributed by atoms with van der Waals surface area (Å²) < 4.78 is 0. The third kappa shape index (κ3) is 4.06. The van der Waals surface area contributed by atoms with Crippen molar-refractivity contribution in [1.29, 1.82) is 0 Å². The molecule has 0 aliphatic carbocycles. The zero-order chi connectivity index (χ0) is 13.5. The number of carbonyl (C=O) groups is 1. The zero-order valence-corrected chi connectivity index (χ0v) is 11.4. The van der Waals surface area contributed by atoms with Gasteiger partial charge < -0.3 is 0 Å². The quantitative estimate of drug-likeness (QED) is 0.745. The minimum absolute atomic E-state index is 0.0111. The average Bonchev–Trinajstić information content (AvgIpc) is 2.48. The van der Waals surface area contributed by atoms with Gasteiger partial charge in [0.25, 0.3) is 0 Å². The molecule has 1 heteroatoms. The molecule has 2 aromatic rings. The molecule has 0 radical (unpaired) electrons. The molecule has 1 nitrogen and oxygen atoms in total. The van der Waals surface area contributed by atoms with E-state index in [0.29, 0.717) is 12.2 Å². The highest BCUT2D eigenvalue weighted by Gasteiger charge is 2.14. The second-order valence-corrected chi connectivity index (χ2v) is 4.94. The number of hydrogen-bond donors (Lipinski definition) is 0. The minimum atomic E-state index is 0.0111. The smallest absolute Gasteiger partial charge is 0.140 e. The monoisotopic (exact) mass is 252 g/mol. The van der Waals surface area contributed by atoms with Gasteiger partial charge in [0, 0.05) is 12.3 Å². The van der Waals surface area contributed by atoms with Gasteiger partial charge in [-0.25, -0.2) is 0 Å². The third-order valence-electron chi connectivity index (χ3n) is 3.51. The van der Waals surface area contributed by atoms with Gasteiger partial charge >= 0.3 is 0 Å². The Balaban J connectivity index is 1.82. The van der Waals surface area contributed by atoms with Crippen molar-refractivity contribution in [2.75, 3.05) is 0 Å². The molecule has 2 aromatic carbocycles. The molecule has 0 aliphatic rings. The largest absolute Gasteiger partial charge is 0.299 e. The van der Waals surface area contributed by atoms with Gasteiger partial charge in [-0.15, -0.1) is 0 Å². The Bertz CT molecular complexity index is 502. The lowest BCUT2D eigenvalue weighted by Crippen LogP contribution is -2.09. The van der Waals surface area contributed by atoms with Gasteiger partial charge in [0.1, 0.15) is 5.78 Å². The Morgan fingerprint density at radius 1 is 0.947 bits per heavy atom. The van der Waals surface area contributed by atoms with Crippen molar-refractivity contribution in [2.24, 2.45) is 0 Å². The molecule has 2 rings (SSSR count). The molecule has 1 atom stereocenters. The van der Waals surface area contributed by atoms with Crippen molar-refractivity contribution in [2.45, 2.75) is 32.1 Å². The summed E-state index contributed by atoms with van der Waals surface area (Å²) in [5.41, 5.74) is 2.43. The van der Waals surface area contributed by atoms with Crippen molar-refractivity contribution >= 4 is 5.78 Å². The van der Waals surface area contributed by atoms with E-state index in [1.807, 2.05) is 55.5 Å². The van der Waals surface area contributed by atoms with Gasteiger partial charge in [0.2, 0.25) is 0 Å². The van der Waals surface area contributed by atoms with Crippen molar-refractivity contribution in [3.8, 4) is 0 Å². The summed E-state index contributed by atoms with van der Waals surface area (Å²) in [6.45, 7) is 2.00. The maximum atomic E-state index is 12.1. The lowest BCUT2D eigenvalue weighted by atomic mass is 9.93. The van der Waals surface area contributed by atoms with Crippen LogP contribution in [0.5, 0.6) is 0 Å². The van der Waals surface area contributed by atoms with Crippen LogP contribution in [0.2, 0.25) is 0 Å². The number of Topliss-reactive ketones (excluding diaryl/α,β-unsaturated/α-hetero) is 1. The van der Waals surface area contributed by atoms with Gasteiger partial charge in [-0.05, 0) is 24.0 Å². The molecular weight excluding hydrogens is 232 g/mol. The summed E-state index contributed by atoms with van der Waals surface area (Å²) in [4.78, 5) is 12.1. The van der Waals surface area contributed by atoms with Crippen LogP contribution in [0.3, 0.4) is 0 Å². The van der Waals surface area contributed by atoms with E-state index >= 15 is 0 Å². The van der Waals surface area contributed by atoms with Crippen LogP contribution in [-0.2, 0) is 11.2 Å². The van der Waals surface area contributed by atoms with E-state index in [9.17, 15) is 4.79 Å². The minimum Gasteiger partial charge on any atom is -0.299 e. The van der Waals surface area contributed by atoms with Crippen molar-refractivity contribution < 1.29 is 4.79 Å². The number of ketones is 1. The Kier molecular flexibility index (Phi) is 4.91. The number of aryl methyl sites for hydroxylation is 1. The molecule has 0 saturated heterocycles. The number of rotatable bonds is 6. The van der Waals surface area contributed by atoms with Crippen LogP contribution >= 0.6 is 0 Å². The SMILES string of the molecule is CC(C(=O)CCCc1ccccc1)c1ccccc1. The normalized spacial score (nSPS) is 12.1. The van der Waals surface area contributed by atoms with E-state index in [0.717, 1.165) is 18.4 Å². The fraction of sp³-hybridized carbons (Fsp3) is 0.278. The predicted octanol–water partition coefficient (Wildman–Crippen LogP) is 4.38. The average molecular weight is 252 g/mol. The van der Waals surface area contributed by atoms with Crippen LogP contribution in [0.15, 0.2) is 60.7 Å². The number of carbonyl (C=O) groups excluding carboxylic acids is 1. The van der Waals surface area contributed by atoms with Gasteiger partial charge in [0.15, 0.2) is 0 Å². The summed E-state index contributed by atoms with van der Waals surface area (Å²) in [7, 11) is 0. The fourth-order valence-corrected chi connectivity index (χ4v) is 2.26. The van der Waals surface area contributed by atoms with E-state index in [1.54, 1.807) is 0 Å². The Labute approximate surface area is 115 Å². The lowest BCUT2D eigenvalue weighted by Gasteiger charge is -2.10. The first-order valence-electron chi connectivity index (χ1n) is 6.89. The molecule has 0 amide bonds. The van der Waals surface area contributed by atoms with Crippen molar-refractivity contribution in [3.05, 3.63) is 71.8 Å². The van der Waals surface area contributed by atoms with Crippen LogP contribution < -0.4 is 0 Å². The molecule has 0 aliphatic heterocycles. The van der Waals surface area contributed by atoms with Crippen LogP contribution in [0.4, 0.5) is 0 Å². The van der Waals surface area contributed by atoms with E-state index in [1.165, 1.54) is 5.56 Å². The summed E-state index contributed by atoms with van der Waals surface area (Å²) in [6, 6.07) is 20.4. The summed E-state index contributed by atoms with van der Waals surface area (Å²) in [6.07, 6.45) is 2.57. The van der Waals surface area contributed by atoms with Crippen molar-refractivity contribution in [3.63, 3.8) is 0 Å². The fourth-order valence-electron chi connectivity index (χ4n) is 2.26. The van der Waals surface area contributed by atoms with Crippen LogP contribution in [0.25, 0.3) is 0 Å². The standard InChI is InChI=1S/C18H20O/c1-15(17-12-6-3-7-13-17)18(19)14-8-11-16-9-4-2-5-10-16/h2-7,9-10,12-13,15H,8,11,14H2,1H3. The Morgan fingerprint density at radius 3 is 2.16 bits per heavy atom. The second kappa shape index (κ2) is 6.89. The van der Waals surface area contributed by atoms with E-state index < -0.39 is 0 Å². The molecule has 0 bridgehead atoms. The molecule has 0 fully saturated rings. The third-order valence-corrected chi connectivity index (χ3v) is 3.51.